The highest BCUT2D eigenvalue weighted by atomic mass is 16.6. The average molecular weight is 511 g/mol. The van der Waals surface area contributed by atoms with Gasteiger partial charge in [-0.3, -0.25) is 25.0 Å². The molecule has 190 valence electrons. The Morgan fingerprint density at radius 2 is 1.58 bits per heavy atom. The Balaban J connectivity index is 1.81. The molecule has 0 fully saturated rings. The molecule has 0 aromatic heterocycles. The number of non-ortho nitro benzene ring substituents is 2. The molecule has 0 unspecified atom stereocenters. The van der Waals surface area contributed by atoms with Gasteiger partial charge in [-0.2, -0.15) is 15.2 Å². The van der Waals surface area contributed by atoms with Crippen molar-refractivity contribution in [2.24, 2.45) is 15.2 Å². The monoisotopic (exact) mass is 511 g/mol. The summed E-state index contributed by atoms with van der Waals surface area (Å²) in [4.78, 5) is 39.4. The molecule has 1 aliphatic heterocycles. The third-order valence-corrected chi connectivity index (χ3v) is 5.40. The molecule has 1 amide bonds. The predicted octanol–water partition coefficient (Wildman–Crippen LogP) is 4.61. The van der Waals surface area contributed by atoms with E-state index >= 15 is 0 Å². The molecule has 0 spiro atoms. The fourth-order valence-corrected chi connectivity index (χ4v) is 3.63. The quantitative estimate of drug-likeness (QED) is 0.277. The molecule has 1 N–H and O–H groups in total. The van der Waals surface area contributed by atoms with Crippen molar-refractivity contribution in [1.82, 2.24) is 10.4 Å². The lowest BCUT2D eigenvalue weighted by Gasteiger charge is -2.26. The molecule has 1 aliphatic rings. The van der Waals surface area contributed by atoms with E-state index in [1.165, 1.54) is 6.21 Å². The van der Waals surface area contributed by atoms with Gasteiger partial charge in [0.1, 0.15) is 6.04 Å². The number of amides is 1. The summed E-state index contributed by atoms with van der Waals surface area (Å²) in [5.41, 5.74) is 3.42. The number of nitro groups is 2. The number of allylic oxidation sites excluding steroid dienone is 2. The number of guanidine groups is 1. The van der Waals surface area contributed by atoms with Gasteiger partial charge in [0.15, 0.2) is 0 Å². The predicted molar refractivity (Wildman–Crippen MR) is 142 cm³/mol. The van der Waals surface area contributed by atoms with Gasteiger partial charge in [-0.1, -0.05) is 66.7 Å². The van der Waals surface area contributed by atoms with Crippen LogP contribution in [-0.4, -0.2) is 38.6 Å². The van der Waals surface area contributed by atoms with E-state index in [1.54, 1.807) is 19.1 Å². The highest BCUT2D eigenvalue weighted by Gasteiger charge is 2.31. The van der Waals surface area contributed by atoms with E-state index in [0.717, 1.165) is 34.3 Å². The van der Waals surface area contributed by atoms with Gasteiger partial charge in [-0.05, 0) is 18.6 Å². The zero-order valence-corrected chi connectivity index (χ0v) is 20.0. The third-order valence-electron chi connectivity index (χ3n) is 5.40. The fourth-order valence-electron chi connectivity index (χ4n) is 3.63. The van der Waals surface area contributed by atoms with Crippen molar-refractivity contribution >= 4 is 35.2 Å². The average Bonchev–Trinajstić information content (AvgIpc) is 2.95. The zero-order valence-electron chi connectivity index (χ0n) is 20.0. The summed E-state index contributed by atoms with van der Waals surface area (Å²) in [7, 11) is 0. The summed E-state index contributed by atoms with van der Waals surface area (Å²) in [6.07, 6.45) is 4.56. The van der Waals surface area contributed by atoms with Gasteiger partial charge in [0.25, 0.3) is 17.3 Å². The van der Waals surface area contributed by atoms with Crippen molar-refractivity contribution in [2.45, 2.75) is 13.0 Å². The minimum atomic E-state index is -0.881. The number of hydrogen-bond donors (Lipinski definition) is 1. The molecule has 0 saturated heterocycles. The summed E-state index contributed by atoms with van der Waals surface area (Å²) >= 11 is 0. The van der Waals surface area contributed by atoms with Gasteiger partial charge < -0.3 is 0 Å². The van der Waals surface area contributed by atoms with Crippen LogP contribution >= 0.6 is 0 Å². The van der Waals surface area contributed by atoms with E-state index in [2.05, 4.69) is 15.6 Å². The summed E-state index contributed by atoms with van der Waals surface area (Å²) in [6.45, 7) is 1.75. The molecular weight excluding hydrogens is 490 g/mol. The number of nitro benzene ring substituents is 2. The topological polar surface area (TPSA) is 156 Å². The van der Waals surface area contributed by atoms with E-state index < -0.39 is 33.2 Å². The molecule has 0 saturated carbocycles. The summed E-state index contributed by atoms with van der Waals surface area (Å²) < 4.78 is 0. The number of nitrogens with one attached hydrogen (secondary N) is 1. The first-order chi connectivity index (χ1) is 18.4. The van der Waals surface area contributed by atoms with Gasteiger partial charge in [0.05, 0.1) is 27.2 Å². The maximum absolute atomic E-state index is 13.6. The summed E-state index contributed by atoms with van der Waals surface area (Å²) in [5, 5.41) is 32.3. The maximum atomic E-state index is 13.6. The molecule has 1 atom stereocenters. The summed E-state index contributed by atoms with van der Waals surface area (Å²) in [6, 6.07) is 20.7. The van der Waals surface area contributed by atoms with Crippen LogP contribution in [0.25, 0.3) is 0 Å². The molecule has 0 aliphatic carbocycles. The molecule has 4 rings (SSSR count). The maximum Gasteiger partial charge on any atom is 0.281 e. The second-order valence-corrected chi connectivity index (χ2v) is 7.90. The van der Waals surface area contributed by atoms with Gasteiger partial charge in [-0.15, -0.1) is 0 Å². The number of nitrogens with zero attached hydrogens (tertiary/aromatic N) is 6. The lowest BCUT2D eigenvalue weighted by Crippen LogP contribution is -2.43. The van der Waals surface area contributed by atoms with E-state index in [0.29, 0.717) is 5.71 Å². The number of benzene rings is 3. The standard InChI is InChI=1S/C26H21N7O5/c1-2-3-14-27-31(25(34)20-15-21(32(35)36)17-22(16-20)33(37)38)26-28-23(18-10-6-4-7-11-18)24(29-30-26)19-12-8-5-9-13-19/h2-17,23H,1H3,(H,28,30)/b3-2-,27-14-/t23-/m1/s1. The molecule has 12 heteroatoms. The molecule has 12 nitrogen and oxygen atoms in total. The molecule has 3 aromatic rings. The minimum absolute atomic E-state index is 0.0709. The van der Waals surface area contributed by atoms with Crippen LogP contribution in [0.2, 0.25) is 0 Å². The van der Waals surface area contributed by atoms with Crippen LogP contribution in [0.5, 0.6) is 0 Å². The van der Waals surface area contributed by atoms with E-state index in [9.17, 15) is 25.0 Å². The first kappa shape index (κ1) is 25.6. The van der Waals surface area contributed by atoms with Crippen molar-refractivity contribution in [3.63, 3.8) is 0 Å². The Labute approximate surface area is 216 Å². The Morgan fingerprint density at radius 1 is 0.974 bits per heavy atom. The smallest absolute Gasteiger partial charge is 0.267 e. The van der Waals surface area contributed by atoms with Crippen molar-refractivity contribution in [2.75, 3.05) is 0 Å². The van der Waals surface area contributed by atoms with Crippen molar-refractivity contribution < 1.29 is 14.6 Å². The van der Waals surface area contributed by atoms with E-state index in [-0.39, 0.29) is 11.5 Å². The van der Waals surface area contributed by atoms with Gasteiger partial charge in [0.2, 0.25) is 5.96 Å². The Kier molecular flexibility index (Phi) is 7.72. The van der Waals surface area contributed by atoms with Gasteiger partial charge >= 0.3 is 0 Å². The van der Waals surface area contributed by atoms with Crippen LogP contribution in [-0.2, 0) is 0 Å². The number of aliphatic imine (C=N–C) groups is 1. The van der Waals surface area contributed by atoms with Gasteiger partial charge in [0, 0.05) is 23.9 Å². The first-order valence-electron chi connectivity index (χ1n) is 11.3. The third kappa shape index (κ3) is 5.65. The second kappa shape index (κ2) is 11.5. The largest absolute Gasteiger partial charge is 0.281 e. The fraction of sp³-hybridized carbons (Fsp3) is 0.0769. The molecule has 0 radical (unpaired) electrons. The first-order valence-corrected chi connectivity index (χ1v) is 11.3. The van der Waals surface area contributed by atoms with Crippen molar-refractivity contribution in [3.8, 4) is 0 Å². The molecule has 1 heterocycles. The number of carbonyl (C=O) groups excluding carboxylic acids is 1. The van der Waals surface area contributed by atoms with E-state index in [1.807, 2.05) is 60.7 Å². The SMILES string of the molecule is C/C=C\C=N/N(C(=O)c1cc([N+](=O)[O-])cc([N+](=O)[O-])c1)C1=N[C@H](c2ccccc2)C(c2ccccc2)=NN1. The van der Waals surface area contributed by atoms with Crippen LogP contribution in [0.1, 0.15) is 34.5 Å². The van der Waals surface area contributed by atoms with Crippen LogP contribution < -0.4 is 5.43 Å². The Hall–Kier alpha value is -5.52. The molecule has 3 aromatic carbocycles. The highest BCUT2D eigenvalue weighted by Crippen LogP contribution is 2.27. The Morgan fingerprint density at radius 3 is 2.16 bits per heavy atom. The Bertz CT molecular complexity index is 1450. The molecule has 38 heavy (non-hydrogen) atoms. The number of rotatable bonds is 7. The number of hydrazone groups is 2. The summed E-state index contributed by atoms with van der Waals surface area (Å²) in [5.74, 6) is -0.951. The van der Waals surface area contributed by atoms with Crippen LogP contribution in [0, 0.1) is 20.2 Å². The normalized spacial score (nSPS) is 15.0. The lowest BCUT2D eigenvalue weighted by atomic mass is 9.97. The molecule has 0 bridgehead atoms. The van der Waals surface area contributed by atoms with Crippen molar-refractivity contribution in [1.29, 1.82) is 0 Å². The number of carbonyl (C=O) groups is 1. The van der Waals surface area contributed by atoms with Crippen LogP contribution in [0.15, 0.2) is 106 Å². The minimum Gasteiger partial charge on any atom is -0.267 e. The van der Waals surface area contributed by atoms with Crippen LogP contribution in [0.3, 0.4) is 0 Å². The highest BCUT2D eigenvalue weighted by molar-refractivity contribution is 6.11. The van der Waals surface area contributed by atoms with Gasteiger partial charge in [-0.25, -0.2) is 10.4 Å². The van der Waals surface area contributed by atoms with Crippen LogP contribution in [0.4, 0.5) is 11.4 Å². The zero-order chi connectivity index (χ0) is 27.1. The second-order valence-electron chi connectivity index (χ2n) is 7.90. The van der Waals surface area contributed by atoms with Crippen molar-refractivity contribution in [3.05, 3.63) is 128 Å². The lowest BCUT2D eigenvalue weighted by molar-refractivity contribution is -0.394. The van der Waals surface area contributed by atoms with E-state index in [4.69, 9.17) is 4.99 Å². The molecular formula is C26H21N7O5. The number of hydrogen-bond acceptors (Lipinski definition) is 9.